The van der Waals surface area contributed by atoms with Crippen molar-refractivity contribution in [2.75, 3.05) is 31.2 Å². The van der Waals surface area contributed by atoms with Gasteiger partial charge in [0.15, 0.2) is 17.6 Å². The number of aliphatic hydroxyl groups excluding tert-OH is 1. The second kappa shape index (κ2) is 12.7. The van der Waals surface area contributed by atoms with Crippen LogP contribution < -0.4 is 16.4 Å². The maximum atomic E-state index is 12.0. The molecule has 2 aromatic heterocycles. The maximum Gasteiger partial charge on any atom is 0.470 e. The van der Waals surface area contributed by atoms with Crippen LogP contribution in [0.25, 0.3) is 11.2 Å². The molecule has 0 aliphatic heterocycles. The number of aromatic nitrogens is 4. The van der Waals surface area contributed by atoms with E-state index in [1.807, 2.05) is 0 Å². The number of rotatable bonds is 10. The van der Waals surface area contributed by atoms with E-state index in [0.29, 0.717) is 29.3 Å². The molecule has 0 saturated heterocycles. The fourth-order valence-electron chi connectivity index (χ4n) is 2.23. The van der Waals surface area contributed by atoms with Gasteiger partial charge in [0, 0.05) is 30.7 Å². The minimum absolute atomic E-state index is 0.00169. The number of carbonyl (C=O) groups is 2. The molecule has 0 fully saturated rings. The number of aliphatic hydroxyl groups is 1. The Hall–Kier alpha value is -2.29. The minimum atomic E-state index is -4.91. The molecule has 0 spiro atoms. The van der Waals surface area contributed by atoms with Crippen molar-refractivity contribution in [3.8, 4) is 0 Å². The Morgan fingerprint density at radius 3 is 2.53 bits per heavy atom. The molecule has 0 aliphatic rings. The van der Waals surface area contributed by atoms with Gasteiger partial charge in [-0.3, -0.25) is 14.1 Å². The second-order valence-electron chi connectivity index (χ2n) is 7.10. The van der Waals surface area contributed by atoms with Crippen molar-refractivity contribution in [2.45, 2.75) is 26.4 Å². The molecule has 1 atom stereocenters. The highest BCUT2D eigenvalue weighted by Crippen LogP contribution is 2.41. The third-order valence-electron chi connectivity index (χ3n) is 3.94. The number of H-pyrrole nitrogens is 1. The number of hydrogen-bond donors (Lipinski definition) is 8. The van der Waals surface area contributed by atoms with Gasteiger partial charge in [-0.2, -0.15) is 12.6 Å². The van der Waals surface area contributed by atoms with Gasteiger partial charge in [-0.05, 0) is 0 Å². The summed E-state index contributed by atoms with van der Waals surface area (Å²) in [6.45, 7) is 2.70. The van der Waals surface area contributed by atoms with Crippen LogP contribution in [0.5, 0.6) is 0 Å². The molecular formula is C16H28N7O7PS. The van der Waals surface area contributed by atoms with Crippen LogP contribution in [0, 0.1) is 5.41 Å². The SMILES string of the molecule is CC(C)(CO)C(OP(=O)(O)O)C(=O)NCCC(=O)NCCS.Nc1ncnc2nc[nH]c12. The number of fused-ring (bicyclic) bond motifs is 1. The zero-order chi connectivity index (χ0) is 24.4. The summed E-state index contributed by atoms with van der Waals surface area (Å²) in [5.74, 6) is -0.184. The minimum Gasteiger partial charge on any atom is -0.396 e. The van der Waals surface area contributed by atoms with Gasteiger partial charge in [-0.25, -0.2) is 19.5 Å². The summed E-state index contributed by atoms with van der Waals surface area (Å²) in [6.07, 6.45) is 1.37. The van der Waals surface area contributed by atoms with Gasteiger partial charge in [0.2, 0.25) is 11.8 Å². The molecule has 2 aromatic rings. The van der Waals surface area contributed by atoms with E-state index >= 15 is 0 Å². The quantitative estimate of drug-likeness (QED) is 0.147. The summed E-state index contributed by atoms with van der Waals surface area (Å²) in [6, 6.07) is 0. The van der Waals surface area contributed by atoms with Crippen LogP contribution in [0.4, 0.5) is 5.82 Å². The van der Waals surface area contributed by atoms with Crippen molar-refractivity contribution in [1.29, 1.82) is 0 Å². The van der Waals surface area contributed by atoms with E-state index in [-0.39, 0.29) is 18.9 Å². The second-order valence-corrected chi connectivity index (χ2v) is 8.74. The van der Waals surface area contributed by atoms with E-state index in [0.717, 1.165) is 0 Å². The lowest BCUT2D eigenvalue weighted by Gasteiger charge is -2.31. The van der Waals surface area contributed by atoms with Crippen LogP contribution in [-0.4, -0.2) is 78.2 Å². The Balaban J connectivity index is 0.000000416. The van der Waals surface area contributed by atoms with Crippen molar-refractivity contribution >= 4 is 49.2 Å². The lowest BCUT2D eigenvalue weighted by molar-refractivity contribution is -0.136. The fourth-order valence-corrected chi connectivity index (χ4v) is 2.99. The molecule has 16 heteroatoms. The highest BCUT2D eigenvalue weighted by molar-refractivity contribution is 7.80. The molecule has 2 amide bonds. The first kappa shape index (κ1) is 27.7. The molecule has 14 nitrogen and oxygen atoms in total. The Kier molecular flexibility index (Phi) is 11.0. The topological polar surface area (TPSA) is 226 Å². The van der Waals surface area contributed by atoms with Gasteiger partial charge in [0.1, 0.15) is 11.8 Å². The number of imidazole rings is 1. The predicted molar refractivity (Wildman–Crippen MR) is 118 cm³/mol. The molecule has 0 bridgehead atoms. The standard InChI is InChI=1S/C11H23N2O7PS.C5H5N5/c1-11(2,7-14)9(20-21(17,18)19)10(16)13-4-3-8(15)12-5-6-22;6-4-3-5(9-1-7-3)10-2-8-4/h9,14,22H,3-7H2,1-2H3,(H,12,15)(H,13,16)(H2,17,18,19);1-2H,(H3,6,7,8,9,10). The normalized spacial score (nSPS) is 12.6. The number of carbonyl (C=O) groups excluding carboxylic acids is 2. The molecule has 8 N–H and O–H groups in total. The molecule has 180 valence electrons. The van der Waals surface area contributed by atoms with E-state index in [2.05, 4.69) is 47.7 Å². The molecule has 2 heterocycles. The highest BCUT2D eigenvalue weighted by atomic mass is 32.1. The smallest absolute Gasteiger partial charge is 0.396 e. The zero-order valence-electron chi connectivity index (χ0n) is 17.6. The molecular weight excluding hydrogens is 465 g/mol. The summed E-state index contributed by atoms with van der Waals surface area (Å²) in [4.78, 5) is 55.4. The van der Waals surface area contributed by atoms with Crippen LogP contribution in [0.3, 0.4) is 0 Å². The Morgan fingerprint density at radius 1 is 1.28 bits per heavy atom. The van der Waals surface area contributed by atoms with Crippen molar-refractivity contribution in [3.05, 3.63) is 12.7 Å². The number of anilines is 1. The van der Waals surface area contributed by atoms with Crippen molar-refractivity contribution in [3.63, 3.8) is 0 Å². The number of amides is 2. The van der Waals surface area contributed by atoms with E-state index in [9.17, 15) is 19.3 Å². The molecule has 1 unspecified atom stereocenters. The van der Waals surface area contributed by atoms with Crippen molar-refractivity contribution in [1.82, 2.24) is 30.6 Å². The van der Waals surface area contributed by atoms with E-state index in [4.69, 9.17) is 15.5 Å². The first-order chi connectivity index (χ1) is 14.9. The number of nitrogens with one attached hydrogen (secondary N) is 3. The number of phosphoric acid groups is 1. The Labute approximate surface area is 189 Å². The lowest BCUT2D eigenvalue weighted by Crippen LogP contribution is -2.47. The third-order valence-corrected chi connectivity index (χ3v) is 4.64. The van der Waals surface area contributed by atoms with Gasteiger partial charge in [-0.15, -0.1) is 0 Å². The average Bonchev–Trinajstić information content (AvgIpc) is 3.20. The third kappa shape index (κ3) is 9.46. The van der Waals surface area contributed by atoms with Crippen LogP contribution in [0.1, 0.15) is 20.3 Å². The van der Waals surface area contributed by atoms with Gasteiger partial charge < -0.3 is 36.2 Å². The highest BCUT2D eigenvalue weighted by Gasteiger charge is 2.40. The number of nitrogens with zero attached hydrogens (tertiary/aromatic N) is 3. The van der Waals surface area contributed by atoms with Crippen LogP contribution in [0.15, 0.2) is 12.7 Å². The number of thiol groups is 1. The number of aromatic amines is 1. The van der Waals surface area contributed by atoms with Gasteiger partial charge >= 0.3 is 7.82 Å². The molecule has 0 saturated carbocycles. The Bertz CT molecular complexity index is 936. The zero-order valence-corrected chi connectivity index (χ0v) is 19.3. The average molecular weight is 493 g/mol. The van der Waals surface area contributed by atoms with E-state index in [1.165, 1.54) is 26.5 Å². The number of nitrogens with two attached hydrogens (primary N) is 1. The summed E-state index contributed by atoms with van der Waals surface area (Å²) in [5.41, 5.74) is 5.57. The van der Waals surface area contributed by atoms with E-state index < -0.39 is 31.9 Å². The Morgan fingerprint density at radius 2 is 1.97 bits per heavy atom. The van der Waals surface area contributed by atoms with Crippen LogP contribution in [0.2, 0.25) is 0 Å². The molecule has 2 rings (SSSR count). The molecule has 32 heavy (non-hydrogen) atoms. The summed E-state index contributed by atoms with van der Waals surface area (Å²) >= 11 is 3.93. The number of phosphoric ester groups is 1. The largest absolute Gasteiger partial charge is 0.470 e. The van der Waals surface area contributed by atoms with Crippen molar-refractivity contribution < 1.29 is 33.6 Å². The first-order valence-electron chi connectivity index (χ1n) is 9.31. The monoisotopic (exact) mass is 493 g/mol. The lowest BCUT2D eigenvalue weighted by atomic mass is 9.87. The van der Waals surface area contributed by atoms with E-state index in [1.54, 1.807) is 0 Å². The van der Waals surface area contributed by atoms with Gasteiger partial charge in [0.05, 0.1) is 12.9 Å². The first-order valence-corrected chi connectivity index (χ1v) is 11.5. The molecule has 0 aromatic carbocycles. The fraction of sp³-hybridized carbons (Fsp3) is 0.562. The number of hydrogen-bond acceptors (Lipinski definition) is 10. The number of nitrogen functional groups attached to an aromatic ring is 1. The van der Waals surface area contributed by atoms with Gasteiger partial charge in [0.25, 0.3) is 0 Å². The van der Waals surface area contributed by atoms with Crippen molar-refractivity contribution in [2.24, 2.45) is 5.41 Å². The summed E-state index contributed by atoms with van der Waals surface area (Å²) in [7, 11) is -4.91. The van der Waals surface area contributed by atoms with Crippen LogP contribution in [-0.2, 0) is 18.7 Å². The maximum absolute atomic E-state index is 12.0. The predicted octanol–water partition coefficient (Wildman–Crippen LogP) is -1.03. The van der Waals surface area contributed by atoms with Gasteiger partial charge in [-0.1, -0.05) is 13.8 Å². The summed E-state index contributed by atoms with van der Waals surface area (Å²) in [5, 5.41) is 14.1. The van der Waals surface area contributed by atoms with Crippen LogP contribution >= 0.6 is 20.5 Å². The molecule has 0 radical (unpaired) electrons. The molecule has 0 aliphatic carbocycles. The summed E-state index contributed by atoms with van der Waals surface area (Å²) < 4.78 is 15.4.